The summed E-state index contributed by atoms with van der Waals surface area (Å²) in [5, 5.41) is 9.11. The Bertz CT molecular complexity index is 342. The maximum atomic E-state index is 11.1. The van der Waals surface area contributed by atoms with E-state index in [1.165, 1.54) is 0 Å². The number of ether oxygens (including phenoxy) is 1. The van der Waals surface area contributed by atoms with E-state index < -0.39 is 5.97 Å². The van der Waals surface area contributed by atoms with Crippen LogP contribution in [0.15, 0.2) is 11.6 Å². The summed E-state index contributed by atoms with van der Waals surface area (Å²) in [6, 6.07) is 0. The van der Waals surface area contributed by atoms with E-state index in [9.17, 15) is 4.79 Å². The van der Waals surface area contributed by atoms with Crippen LogP contribution < -0.4 is 0 Å². The lowest BCUT2D eigenvalue weighted by Crippen LogP contribution is -2.38. The zero-order valence-electron chi connectivity index (χ0n) is 12.2. The Morgan fingerprint density at radius 1 is 1.33 bits per heavy atom. The molecule has 0 aliphatic carbocycles. The van der Waals surface area contributed by atoms with Crippen LogP contribution >= 0.6 is 0 Å². The van der Waals surface area contributed by atoms with Gasteiger partial charge >= 0.3 is 5.97 Å². The molecule has 0 aromatic carbocycles. The van der Waals surface area contributed by atoms with Crippen molar-refractivity contribution < 1.29 is 14.6 Å². The van der Waals surface area contributed by atoms with Gasteiger partial charge in [0.25, 0.3) is 0 Å². The van der Waals surface area contributed by atoms with Crippen molar-refractivity contribution in [3.05, 3.63) is 11.6 Å². The van der Waals surface area contributed by atoms with Gasteiger partial charge < -0.3 is 9.84 Å². The summed E-state index contributed by atoms with van der Waals surface area (Å²) in [5.74, 6) is -0.832. The highest BCUT2D eigenvalue weighted by molar-refractivity contribution is 5.86. The lowest BCUT2D eigenvalue weighted by molar-refractivity contribution is -0.132. The van der Waals surface area contributed by atoms with Crippen LogP contribution in [0.25, 0.3) is 0 Å². The highest BCUT2D eigenvalue weighted by Gasteiger charge is 2.64. The maximum Gasteiger partial charge on any atom is 0.330 e. The second-order valence-corrected chi connectivity index (χ2v) is 5.25. The third kappa shape index (κ3) is 2.20. The van der Waals surface area contributed by atoms with Gasteiger partial charge in [0.2, 0.25) is 0 Å². The van der Waals surface area contributed by atoms with Crippen molar-refractivity contribution in [1.82, 2.24) is 0 Å². The van der Waals surface area contributed by atoms with Crippen LogP contribution in [0, 0.1) is 5.41 Å². The smallest absolute Gasteiger partial charge is 0.330 e. The summed E-state index contributed by atoms with van der Waals surface area (Å²) >= 11 is 0. The zero-order chi connectivity index (χ0) is 14.0. The van der Waals surface area contributed by atoms with Crippen LogP contribution in [0.2, 0.25) is 0 Å². The molecule has 1 heterocycles. The number of aliphatic carboxylic acids is 1. The van der Waals surface area contributed by atoms with Crippen LogP contribution in [0.5, 0.6) is 0 Å². The van der Waals surface area contributed by atoms with Crippen LogP contribution in [0.3, 0.4) is 0 Å². The summed E-state index contributed by atoms with van der Waals surface area (Å²) in [4.78, 5) is 11.1. The van der Waals surface area contributed by atoms with Gasteiger partial charge in [-0.1, -0.05) is 33.8 Å². The topological polar surface area (TPSA) is 49.8 Å². The van der Waals surface area contributed by atoms with Crippen LogP contribution in [0.1, 0.15) is 60.3 Å². The fourth-order valence-corrected chi connectivity index (χ4v) is 3.38. The van der Waals surface area contributed by atoms with Gasteiger partial charge in [-0.2, -0.15) is 0 Å². The lowest BCUT2D eigenvalue weighted by Gasteiger charge is -2.36. The molecule has 2 atom stereocenters. The summed E-state index contributed by atoms with van der Waals surface area (Å²) in [5.41, 5.74) is 0.129. The van der Waals surface area contributed by atoms with E-state index in [1.54, 1.807) is 6.92 Å². The summed E-state index contributed by atoms with van der Waals surface area (Å²) in [6.07, 6.45) is 5.98. The summed E-state index contributed by atoms with van der Waals surface area (Å²) < 4.78 is 5.99. The van der Waals surface area contributed by atoms with E-state index in [0.717, 1.165) is 25.7 Å². The molecule has 1 N–H and O–H groups in total. The Kier molecular flexibility index (Phi) is 4.60. The molecule has 18 heavy (non-hydrogen) atoms. The normalized spacial score (nSPS) is 28.3. The molecule has 1 fully saturated rings. The van der Waals surface area contributed by atoms with Gasteiger partial charge in [0.1, 0.15) is 5.60 Å². The monoisotopic (exact) mass is 254 g/mol. The molecule has 0 amide bonds. The van der Waals surface area contributed by atoms with Gasteiger partial charge in [-0.25, -0.2) is 4.79 Å². The first kappa shape index (κ1) is 15.2. The van der Waals surface area contributed by atoms with Gasteiger partial charge in [-0.3, -0.25) is 0 Å². The number of hydrogen-bond acceptors (Lipinski definition) is 2. The summed E-state index contributed by atoms with van der Waals surface area (Å²) in [6.45, 7) is 10.2. The number of rotatable bonds is 7. The van der Waals surface area contributed by atoms with Gasteiger partial charge in [0.15, 0.2) is 0 Å². The van der Waals surface area contributed by atoms with E-state index >= 15 is 0 Å². The third-order valence-corrected chi connectivity index (χ3v) is 4.65. The van der Waals surface area contributed by atoms with E-state index in [4.69, 9.17) is 9.84 Å². The predicted molar refractivity (Wildman–Crippen MR) is 72.6 cm³/mol. The van der Waals surface area contributed by atoms with Crippen molar-refractivity contribution in [2.45, 2.75) is 72.0 Å². The van der Waals surface area contributed by atoms with Crippen molar-refractivity contribution in [2.75, 3.05) is 0 Å². The van der Waals surface area contributed by atoms with Gasteiger partial charge in [-0.05, 0) is 32.6 Å². The molecule has 3 heteroatoms. The molecule has 0 saturated carbocycles. The first-order valence-corrected chi connectivity index (χ1v) is 7.03. The Balaban J connectivity index is 3.16. The van der Waals surface area contributed by atoms with Crippen LogP contribution in [-0.4, -0.2) is 22.8 Å². The van der Waals surface area contributed by atoms with E-state index in [-0.39, 0.29) is 17.1 Å². The average molecular weight is 254 g/mol. The second kappa shape index (κ2) is 5.43. The third-order valence-electron chi connectivity index (χ3n) is 4.65. The Labute approximate surface area is 110 Å². The molecule has 0 aromatic rings. The predicted octanol–water partition coefficient (Wildman–Crippen LogP) is 3.78. The highest BCUT2D eigenvalue weighted by atomic mass is 16.6. The molecule has 0 radical (unpaired) electrons. The van der Waals surface area contributed by atoms with Crippen molar-refractivity contribution in [3.8, 4) is 0 Å². The average Bonchev–Trinajstić information content (AvgIpc) is 3.11. The largest absolute Gasteiger partial charge is 0.478 e. The highest BCUT2D eigenvalue weighted by Crippen LogP contribution is 2.58. The van der Waals surface area contributed by atoms with Crippen LogP contribution in [0.4, 0.5) is 0 Å². The van der Waals surface area contributed by atoms with Gasteiger partial charge in [0.05, 0.1) is 6.10 Å². The summed E-state index contributed by atoms with van der Waals surface area (Å²) in [7, 11) is 0. The second-order valence-electron chi connectivity index (χ2n) is 5.25. The van der Waals surface area contributed by atoms with Crippen molar-refractivity contribution in [1.29, 1.82) is 0 Å². The molecular weight excluding hydrogens is 228 g/mol. The first-order chi connectivity index (χ1) is 8.42. The van der Waals surface area contributed by atoms with E-state index in [0.29, 0.717) is 5.57 Å². The maximum absolute atomic E-state index is 11.1. The Morgan fingerprint density at radius 3 is 2.17 bits per heavy atom. The fourth-order valence-electron chi connectivity index (χ4n) is 3.38. The minimum Gasteiger partial charge on any atom is -0.478 e. The molecule has 0 spiro atoms. The molecule has 1 aliphatic heterocycles. The number of hydrogen-bond donors (Lipinski definition) is 1. The Hall–Kier alpha value is -0.830. The molecule has 3 nitrogen and oxygen atoms in total. The minimum atomic E-state index is -0.832. The zero-order valence-corrected chi connectivity index (χ0v) is 12.2. The molecule has 104 valence electrons. The number of carboxylic acids is 1. The fraction of sp³-hybridized carbons (Fsp3) is 0.800. The molecule has 1 saturated heterocycles. The molecule has 0 bridgehead atoms. The van der Waals surface area contributed by atoms with Crippen molar-refractivity contribution >= 4 is 5.97 Å². The molecule has 2 unspecified atom stereocenters. The molecule has 1 rings (SSSR count). The van der Waals surface area contributed by atoms with Crippen LogP contribution in [-0.2, 0) is 9.53 Å². The number of carbonyl (C=O) groups is 1. The van der Waals surface area contributed by atoms with Gasteiger partial charge in [-0.15, -0.1) is 0 Å². The molecule has 1 aliphatic rings. The standard InChI is InChI=1S/C15H26O3/c1-6-12-15(9-4,18-12)14(7-2,8-3)10-11(5)13(16)17/h10,12H,6-9H2,1-5H3,(H,16,17)/b11-10+. The quantitative estimate of drug-likeness (QED) is 0.555. The van der Waals surface area contributed by atoms with E-state index in [1.807, 2.05) is 6.08 Å². The first-order valence-electron chi connectivity index (χ1n) is 7.03. The number of epoxide rings is 1. The SMILES string of the molecule is CCC1OC1(CC)C(/C=C(\C)C(=O)O)(CC)CC. The molecule has 0 aromatic heterocycles. The lowest BCUT2D eigenvalue weighted by atomic mass is 9.67. The van der Waals surface area contributed by atoms with E-state index in [2.05, 4.69) is 27.7 Å². The molecular formula is C15H26O3. The number of carboxylic acid groups (broad SMARTS) is 1. The van der Waals surface area contributed by atoms with Crippen molar-refractivity contribution in [2.24, 2.45) is 5.41 Å². The Morgan fingerprint density at radius 2 is 1.89 bits per heavy atom. The minimum absolute atomic E-state index is 0.148. The van der Waals surface area contributed by atoms with Crippen molar-refractivity contribution in [3.63, 3.8) is 0 Å². The van der Waals surface area contributed by atoms with Gasteiger partial charge in [0, 0.05) is 11.0 Å².